The Morgan fingerprint density at radius 1 is 0.667 bits per heavy atom. The van der Waals surface area contributed by atoms with Crippen molar-refractivity contribution in [3.05, 3.63) is 82.0 Å². The monoisotopic (exact) mass is 572 g/mol. The van der Waals surface area contributed by atoms with E-state index in [2.05, 4.69) is 0 Å². The standard InChI is InChI=1S/C30H20O12/c31-13-7-19(35)23-21(9-13)41-29(27(39)25(23)37)11-1-3-17(33)15(5-11)16-6-12(2-4-18(16)34)30-28(40)26(38)24-20(36)8-14(32)10-22(24)42-30/h1-10,27,29,31-36,39-40H/t27-,29-/m0/s1. The first-order valence-corrected chi connectivity index (χ1v) is 12.3. The van der Waals surface area contributed by atoms with E-state index >= 15 is 0 Å². The number of ether oxygens (including phenoxy) is 1. The van der Waals surface area contributed by atoms with Crippen LogP contribution < -0.4 is 10.2 Å². The van der Waals surface area contributed by atoms with Crippen LogP contribution in [0.4, 0.5) is 0 Å². The second kappa shape index (κ2) is 9.35. The number of hydrogen-bond acceptors (Lipinski definition) is 12. The van der Waals surface area contributed by atoms with Gasteiger partial charge in [-0.2, -0.15) is 0 Å². The molecule has 0 aliphatic carbocycles. The van der Waals surface area contributed by atoms with Crippen LogP contribution in [0.3, 0.4) is 0 Å². The van der Waals surface area contributed by atoms with E-state index in [1.165, 1.54) is 36.4 Å². The Morgan fingerprint density at radius 3 is 2.05 bits per heavy atom. The number of aromatic hydroxyl groups is 7. The molecule has 1 aromatic heterocycles. The fourth-order valence-corrected chi connectivity index (χ4v) is 4.97. The Morgan fingerprint density at radius 2 is 1.31 bits per heavy atom. The normalized spacial score (nSPS) is 16.3. The molecule has 5 aromatic rings. The molecule has 2 atom stereocenters. The predicted octanol–water partition coefficient (Wildman–Crippen LogP) is 3.74. The topological polar surface area (TPSA) is 218 Å². The predicted molar refractivity (Wildman–Crippen MR) is 145 cm³/mol. The maximum absolute atomic E-state index is 12.9. The number of phenolic OH excluding ortho intramolecular Hbond substituents is 6. The van der Waals surface area contributed by atoms with Gasteiger partial charge in [0.05, 0.1) is 0 Å². The van der Waals surface area contributed by atoms with E-state index in [-0.39, 0.29) is 67.5 Å². The number of fused-ring (bicyclic) bond motifs is 2. The molecule has 6 rings (SSSR count). The van der Waals surface area contributed by atoms with E-state index < -0.39 is 46.4 Å². The summed E-state index contributed by atoms with van der Waals surface area (Å²) in [6, 6.07) is 11.8. The third-order valence-electron chi connectivity index (χ3n) is 6.96. The largest absolute Gasteiger partial charge is 0.508 e. The second-order valence-electron chi connectivity index (χ2n) is 9.64. The summed E-state index contributed by atoms with van der Waals surface area (Å²) in [5, 5.41) is 82.2. The van der Waals surface area contributed by atoms with Gasteiger partial charge in [-0.05, 0) is 35.9 Å². The summed E-state index contributed by atoms with van der Waals surface area (Å²) in [6.45, 7) is 0. The van der Waals surface area contributed by atoms with Crippen molar-refractivity contribution < 1.29 is 54.8 Å². The van der Waals surface area contributed by atoms with Crippen LogP contribution in [0.2, 0.25) is 0 Å². The molecule has 1 aliphatic rings. The average Bonchev–Trinajstić information content (AvgIpc) is 2.93. The van der Waals surface area contributed by atoms with E-state index in [9.17, 15) is 50.4 Å². The highest BCUT2D eigenvalue weighted by Crippen LogP contribution is 2.45. The van der Waals surface area contributed by atoms with E-state index in [0.29, 0.717) is 0 Å². The Hall–Kier alpha value is -5.88. The third-order valence-corrected chi connectivity index (χ3v) is 6.96. The zero-order valence-electron chi connectivity index (χ0n) is 21.1. The number of ketones is 1. The molecule has 4 aromatic carbocycles. The van der Waals surface area contributed by atoms with Gasteiger partial charge in [-0.3, -0.25) is 9.59 Å². The van der Waals surface area contributed by atoms with Gasteiger partial charge in [0.15, 0.2) is 18.0 Å². The van der Waals surface area contributed by atoms with Crippen molar-refractivity contribution in [3.63, 3.8) is 0 Å². The van der Waals surface area contributed by atoms with Gasteiger partial charge in [-0.1, -0.05) is 6.07 Å². The van der Waals surface area contributed by atoms with Gasteiger partial charge >= 0.3 is 0 Å². The number of carbonyl (C=O) groups is 1. The first-order valence-electron chi connectivity index (χ1n) is 12.3. The quantitative estimate of drug-likeness (QED) is 0.155. The van der Waals surface area contributed by atoms with E-state index in [1.54, 1.807) is 0 Å². The zero-order chi connectivity index (χ0) is 30.0. The highest BCUT2D eigenvalue weighted by Gasteiger charge is 2.39. The minimum Gasteiger partial charge on any atom is -0.508 e. The number of phenols is 6. The molecular weight excluding hydrogens is 552 g/mol. The Balaban J connectivity index is 1.46. The maximum atomic E-state index is 12.9. The molecule has 2 heterocycles. The van der Waals surface area contributed by atoms with Crippen LogP contribution in [0.5, 0.6) is 46.0 Å². The third kappa shape index (κ3) is 4.05. The second-order valence-corrected chi connectivity index (χ2v) is 9.64. The van der Waals surface area contributed by atoms with Crippen LogP contribution >= 0.6 is 0 Å². The summed E-state index contributed by atoms with van der Waals surface area (Å²) < 4.78 is 11.4. The fourth-order valence-electron chi connectivity index (χ4n) is 4.97. The summed E-state index contributed by atoms with van der Waals surface area (Å²) in [6.07, 6.45) is -3.11. The Labute approximate surface area is 234 Å². The van der Waals surface area contributed by atoms with Crippen molar-refractivity contribution >= 4 is 16.8 Å². The lowest BCUT2D eigenvalue weighted by Gasteiger charge is -2.30. The number of Topliss-reactive ketones (excluding diaryl/α,β-unsaturated/α-hetero) is 1. The van der Waals surface area contributed by atoms with Crippen LogP contribution in [0.15, 0.2) is 69.9 Å². The molecule has 42 heavy (non-hydrogen) atoms. The zero-order valence-corrected chi connectivity index (χ0v) is 21.1. The van der Waals surface area contributed by atoms with Crippen LogP contribution in [0.25, 0.3) is 33.4 Å². The van der Waals surface area contributed by atoms with Gasteiger partial charge in [0.1, 0.15) is 56.8 Å². The minimum atomic E-state index is -1.78. The molecular formula is C30H20O12. The number of aliphatic hydroxyl groups excluding tert-OH is 1. The number of hydrogen-bond donors (Lipinski definition) is 8. The maximum Gasteiger partial charge on any atom is 0.238 e. The Bertz CT molecular complexity index is 2010. The molecule has 0 saturated carbocycles. The van der Waals surface area contributed by atoms with Crippen molar-refractivity contribution in [1.29, 1.82) is 0 Å². The van der Waals surface area contributed by atoms with Crippen molar-refractivity contribution in [3.8, 4) is 68.4 Å². The van der Waals surface area contributed by atoms with Gasteiger partial charge in [0.2, 0.25) is 17.0 Å². The first kappa shape index (κ1) is 26.3. The first-order chi connectivity index (χ1) is 19.9. The molecule has 0 bridgehead atoms. The van der Waals surface area contributed by atoms with Crippen LogP contribution in [-0.4, -0.2) is 52.7 Å². The van der Waals surface area contributed by atoms with E-state index in [0.717, 1.165) is 24.3 Å². The van der Waals surface area contributed by atoms with Crippen molar-refractivity contribution in [2.24, 2.45) is 0 Å². The lowest BCUT2D eigenvalue weighted by molar-refractivity contribution is 0.0211. The van der Waals surface area contributed by atoms with Crippen LogP contribution in [-0.2, 0) is 0 Å². The summed E-state index contributed by atoms with van der Waals surface area (Å²) in [4.78, 5) is 25.7. The molecule has 12 heteroatoms. The minimum absolute atomic E-state index is 0.00225. The molecule has 0 amide bonds. The van der Waals surface area contributed by atoms with Gasteiger partial charge in [-0.15, -0.1) is 0 Å². The lowest BCUT2D eigenvalue weighted by atomic mass is 9.90. The number of rotatable bonds is 3. The summed E-state index contributed by atoms with van der Waals surface area (Å²) in [5.74, 6) is -4.89. The molecule has 0 fully saturated rings. The molecule has 0 unspecified atom stereocenters. The van der Waals surface area contributed by atoms with Gasteiger partial charge in [0, 0.05) is 41.0 Å². The average molecular weight is 572 g/mol. The molecule has 212 valence electrons. The SMILES string of the molecule is O=C1c2c(O)cc(O)cc2O[C@@H](c2ccc(O)c(-c3cc(-c4oc5cc(O)cc(O)c5c(=O)c4O)ccc3O)c2)[C@H]1O. The molecule has 1 aliphatic heterocycles. The molecule has 12 nitrogen and oxygen atoms in total. The van der Waals surface area contributed by atoms with Crippen molar-refractivity contribution in [1.82, 2.24) is 0 Å². The fraction of sp³-hybridized carbons (Fsp3) is 0.0667. The summed E-state index contributed by atoms with van der Waals surface area (Å²) in [7, 11) is 0. The molecule has 8 N–H and O–H groups in total. The highest BCUT2D eigenvalue weighted by atomic mass is 16.5. The number of aliphatic hydroxyl groups is 1. The smallest absolute Gasteiger partial charge is 0.238 e. The van der Waals surface area contributed by atoms with Gasteiger partial charge in [-0.25, -0.2) is 0 Å². The number of benzene rings is 4. The van der Waals surface area contributed by atoms with Gasteiger partial charge in [0.25, 0.3) is 0 Å². The van der Waals surface area contributed by atoms with Crippen molar-refractivity contribution in [2.75, 3.05) is 0 Å². The lowest BCUT2D eigenvalue weighted by Crippen LogP contribution is -2.36. The number of carbonyl (C=O) groups excluding carboxylic acids is 1. The van der Waals surface area contributed by atoms with Gasteiger partial charge < -0.3 is 50.0 Å². The molecule has 0 spiro atoms. The van der Waals surface area contributed by atoms with E-state index in [1.807, 2.05) is 0 Å². The molecule has 0 saturated heterocycles. The molecule has 0 radical (unpaired) electrons. The van der Waals surface area contributed by atoms with Crippen LogP contribution in [0, 0.1) is 0 Å². The van der Waals surface area contributed by atoms with Crippen molar-refractivity contribution in [2.45, 2.75) is 12.2 Å². The van der Waals surface area contributed by atoms with E-state index in [4.69, 9.17) is 9.15 Å². The van der Waals surface area contributed by atoms with Crippen LogP contribution in [0.1, 0.15) is 22.0 Å². The summed E-state index contributed by atoms with van der Waals surface area (Å²) in [5.41, 5.74) is -1.29. The summed E-state index contributed by atoms with van der Waals surface area (Å²) >= 11 is 0. The highest BCUT2D eigenvalue weighted by molar-refractivity contribution is 6.05. The Kier molecular flexibility index (Phi) is 5.87.